The smallest absolute Gasteiger partial charge is 0.335 e. The van der Waals surface area contributed by atoms with Gasteiger partial charge in [0.1, 0.15) is 12.2 Å². The van der Waals surface area contributed by atoms with Crippen LogP contribution in [-0.4, -0.2) is 65.3 Å². The number of aromatic carboxylic acids is 1. The highest BCUT2D eigenvalue weighted by Crippen LogP contribution is 2.37. The molecule has 6 nitrogen and oxygen atoms in total. The third-order valence-electron chi connectivity index (χ3n) is 5.33. The molecule has 0 amide bonds. The van der Waals surface area contributed by atoms with Crippen LogP contribution in [0.5, 0.6) is 0 Å². The van der Waals surface area contributed by atoms with Crippen molar-refractivity contribution in [1.82, 2.24) is 4.31 Å². The number of hydrogen-bond acceptors (Lipinski definition) is 4. The summed E-state index contributed by atoms with van der Waals surface area (Å²) in [7, 11) is -2.15. The number of carbonyl (C=O) groups is 1. The van der Waals surface area contributed by atoms with Gasteiger partial charge < -0.3 is 14.6 Å². The Balaban J connectivity index is 2.10. The fourth-order valence-electron chi connectivity index (χ4n) is 3.18. The molecular weight excluding hydrogens is 394 g/mol. The van der Waals surface area contributed by atoms with Crippen molar-refractivity contribution >= 4 is 24.2 Å². The first-order chi connectivity index (χ1) is 13.0. The third kappa shape index (κ3) is 5.51. The van der Waals surface area contributed by atoms with Crippen LogP contribution in [0.2, 0.25) is 25.7 Å². The molecule has 8 heteroatoms. The van der Waals surface area contributed by atoms with Gasteiger partial charge in [-0.2, -0.15) is 0 Å². The summed E-state index contributed by atoms with van der Waals surface area (Å²) in [5.74, 6) is -0.734. The van der Waals surface area contributed by atoms with Gasteiger partial charge in [-0.1, -0.05) is 45.6 Å². The van der Waals surface area contributed by atoms with Gasteiger partial charge in [0, 0.05) is 32.9 Å². The highest BCUT2D eigenvalue weighted by molar-refractivity contribution is 8.01. The second-order valence-electron chi connectivity index (χ2n) is 9.03. The molecule has 1 N–H and O–H groups in total. The van der Waals surface area contributed by atoms with Crippen LogP contribution in [0.3, 0.4) is 0 Å². The Morgan fingerprint density at radius 1 is 1.39 bits per heavy atom. The predicted octanol–water partition coefficient (Wildman–Crippen LogP) is 3.41. The Hall–Kier alpha value is -1.06. The van der Waals surface area contributed by atoms with Crippen LogP contribution in [0.1, 0.15) is 35.7 Å². The number of likely N-dealkylation sites (N-methyl/N-ethyl adjacent to an activating group) is 1. The van der Waals surface area contributed by atoms with Gasteiger partial charge in [-0.3, -0.25) is 4.21 Å². The molecular formula is C20H35NO5SSi. The second kappa shape index (κ2) is 9.17. The van der Waals surface area contributed by atoms with Gasteiger partial charge in [-0.05, 0) is 33.9 Å². The molecule has 0 spiro atoms. The van der Waals surface area contributed by atoms with Crippen LogP contribution in [-0.2, 0) is 19.6 Å². The molecule has 28 heavy (non-hydrogen) atoms. The van der Waals surface area contributed by atoms with Gasteiger partial charge in [0.05, 0.1) is 12.2 Å². The molecule has 0 bridgehead atoms. The molecule has 160 valence electrons. The van der Waals surface area contributed by atoms with Gasteiger partial charge in [0.2, 0.25) is 0 Å². The van der Waals surface area contributed by atoms with E-state index in [0.717, 1.165) is 11.6 Å². The largest absolute Gasteiger partial charge is 0.478 e. The second-order valence-corrected chi connectivity index (χ2v) is 18.1. The maximum absolute atomic E-state index is 13.8. The van der Waals surface area contributed by atoms with Crippen molar-refractivity contribution in [1.29, 1.82) is 0 Å². The Morgan fingerprint density at radius 2 is 2.07 bits per heavy atom. The summed E-state index contributed by atoms with van der Waals surface area (Å²) < 4.78 is 27.2. The predicted molar refractivity (Wildman–Crippen MR) is 117 cm³/mol. The van der Waals surface area contributed by atoms with Crippen LogP contribution >= 0.6 is 0 Å². The SMILES string of the molecule is CC(C)[SH](=O)(COCC[Si](C)(C)C)N(C)C1OCC1c1cccc(C(=O)O)c1. The van der Waals surface area contributed by atoms with Gasteiger partial charge in [0.25, 0.3) is 0 Å². The minimum atomic E-state index is -2.79. The average molecular weight is 430 g/mol. The van der Waals surface area contributed by atoms with Crippen molar-refractivity contribution in [3.05, 3.63) is 35.4 Å². The average Bonchev–Trinajstić information content (AvgIpc) is 2.56. The molecule has 1 fully saturated rings. The normalized spacial score (nSPS) is 21.0. The molecule has 0 radical (unpaired) electrons. The molecule has 1 heterocycles. The zero-order chi connectivity index (χ0) is 21.1. The van der Waals surface area contributed by atoms with E-state index < -0.39 is 24.2 Å². The van der Waals surface area contributed by atoms with E-state index in [4.69, 9.17) is 9.47 Å². The Bertz CT molecular complexity index is 734. The fraction of sp³-hybridized carbons (Fsp3) is 0.650. The molecule has 1 aromatic carbocycles. The maximum Gasteiger partial charge on any atom is 0.335 e. The van der Waals surface area contributed by atoms with E-state index in [0.29, 0.717) is 13.2 Å². The highest BCUT2D eigenvalue weighted by Gasteiger charge is 2.42. The number of benzene rings is 1. The van der Waals surface area contributed by atoms with E-state index in [9.17, 15) is 14.1 Å². The summed E-state index contributed by atoms with van der Waals surface area (Å²) in [6, 6.07) is 7.96. The third-order valence-corrected chi connectivity index (χ3v) is 10.5. The van der Waals surface area contributed by atoms with Crippen molar-refractivity contribution in [2.24, 2.45) is 0 Å². The number of thiol groups is 1. The van der Waals surface area contributed by atoms with Crippen LogP contribution in [0.25, 0.3) is 0 Å². The zero-order valence-electron chi connectivity index (χ0n) is 17.8. The zero-order valence-corrected chi connectivity index (χ0v) is 19.7. The molecule has 2 rings (SSSR count). The fourth-order valence-corrected chi connectivity index (χ4v) is 6.15. The van der Waals surface area contributed by atoms with Crippen LogP contribution < -0.4 is 0 Å². The van der Waals surface area contributed by atoms with Crippen molar-refractivity contribution < 1.29 is 23.6 Å². The summed E-state index contributed by atoms with van der Waals surface area (Å²) >= 11 is 0. The van der Waals surface area contributed by atoms with Crippen molar-refractivity contribution in [3.63, 3.8) is 0 Å². The summed E-state index contributed by atoms with van der Waals surface area (Å²) in [5.41, 5.74) is 1.16. The van der Waals surface area contributed by atoms with Crippen LogP contribution in [0.4, 0.5) is 0 Å². The molecule has 0 aromatic heterocycles. The van der Waals surface area contributed by atoms with E-state index in [1.54, 1.807) is 18.2 Å². The first kappa shape index (κ1) is 23.2. The Labute approximate surface area is 170 Å². The lowest BCUT2D eigenvalue weighted by atomic mass is 9.93. The Morgan fingerprint density at radius 3 is 2.57 bits per heavy atom. The number of rotatable bonds is 10. The van der Waals surface area contributed by atoms with Crippen molar-refractivity contribution in [2.45, 2.75) is 56.9 Å². The van der Waals surface area contributed by atoms with Crippen LogP contribution in [0, 0.1) is 0 Å². The molecule has 1 aliphatic heterocycles. The summed E-state index contributed by atoms with van der Waals surface area (Å²) in [6.45, 7) is 11.9. The van der Waals surface area contributed by atoms with Crippen LogP contribution in [0.15, 0.2) is 24.3 Å². The van der Waals surface area contributed by atoms with E-state index in [1.807, 2.05) is 31.3 Å². The number of carboxylic acid groups (broad SMARTS) is 1. The standard InChI is InChI=1S/C20H35NO5SSi/c1-15(2)27(24,14-25-10-11-28(4,5)6)21(3)19-18(13-26-19)16-8-7-9-17(12-16)20(22)23/h7-9,12,15,18-19,27H,10-11,13-14H2,1-6H3,(H,22,23). The number of nitrogens with zero attached hydrogens (tertiary/aromatic N) is 1. The number of ether oxygens (including phenoxy) is 2. The summed E-state index contributed by atoms with van der Waals surface area (Å²) in [5, 5.41) is 9.18. The summed E-state index contributed by atoms with van der Waals surface area (Å²) in [4.78, 5) is 11.3. The lowest BCUT2D eigenvalue weighted by Crippen LogP contribution is -2.56. The molecule has 2 unspecified atom stereocenters. The Kier molecular flexibility index (Phi) is 7.60. The molecule has 1 aromatic rings. The molecule has 1 saturated heterocycles. The van der Waals surface area contributed by atoms with Crippen molar-refractivity contribution in [3.8, 4) is 0 Å². The molecule has 0 saturated carbocycles. The topological polar surface area (TPSA) is 76.1 Å². The quantitative estimate of drug-likeness (QED) is 0.339. The van der Waals surface area contributed by atoms with Crippen molar-refractivity contribution in [2.75, 3.05) is 26.2 Å². The van der Waals surface area contributed by atoms with E-state index in [2.05, 4.69) is 19.6 Å². The highest BCUT2D eigenvalue weighted by atomic mass is 32.3. The number of hydrogen-bond donors (Lipinski definition) is 2. The lowest BCUT2D eigenvalue weighted by molar-refractivity contribution is -0.129. The minimum Gasteiger partial charge on any atom is -0.478 e. The molecule has 0 aliphatic carbocycles. The van der Waals surface area contributed by atoms with E-state index in [-0.39, 0.29) is 28.9 Å². The first-order valence-corrected chi connectivity index (χ1v) is 15.4. The lowest BCUT2D eigenvalue weighted by Gasteiger charge is -2.48. The van der Waals surface area contributed by atoms with Gasteiger partial charge >= 0.3 is 5.97 Å². The van der Waals surface area contributed by atoms with Gasteiger partial charge in [0.15, 0.2) is 0 Å². The molecule has 2 atom stereocenters. The minimum absolute atomic E-state index is 0.00152. The van der Waals surface area contributed by atoms with E-state index in [1.165, 1.54) is 0 Å². The molecule has 1 aliphatic rings. The monoisotopic (exact) mass is 429 g/mol. The maximum atomic E-state index is 13.8. The first-order valence-electron chi connectivity index (χ1n) is 9.80. The summed E-state index contributed by atoms with van der Waals surface area (Å²) in [6.07, 6.45) is -0.335. The van der Waals surface area contributed by atoms with Gasteiger partial charge in [-0.25, -0.2) is 9.10 Å². The van der Waals surface area contributed by atoms with E-state index >= 15 is 0 Å². The van der Waals surface area contributed by atoms with Gasteiger partial charge in [-0.15, -0.1) is 0 Å². The number of carboxylic acids is 1.